The largest absolute Gasteiger partial charge is 0.417 e. The lowest BCUT2D eigenvalue weighted by Crippen LogP contribution is -2.15. The number of anilines is 3. The Morgan fingerprint density at radius 1 is 0.879 bits per heavy atom. The van der Waals surface area contributed by atoms with Gasteiger partial charge in [-0.25, -0.2) is 14.4 Å². The molecule has 4 rings (SSSR count). The van der Waals surface area contributed by atoms with Gasteiger partial charge >= 0.3 is 6.18 Å². The predicted octanol–water partition coefficient (Wildman–Crippen LogP) is 5.69. The molecule has 1 amide bonds. The number of carbonyl (C=O) groups is 1. The molecule has 0 aliphatic rings. The number of aromatic nitrogens is 3. The molecule has 0 bridgehead atoms. The van der Waals surface area contributed by atoms with Crippen molar-refractivity contribution < 1.29 is 22.4 Å². The van der Waals surface area contributed by atoms with Crippen molar-refractivity contribution >= 4 is 23.2 Å². The van der Waals surface area contributed by atoms with Gasteiger partial charge in [-0.15, -0.1) is 0 Å². The fraction of sp³-hybridized carbons (Fsp3) is 0.0435. The van der Waals surface area contributed by atoms with Crippen LogP contribution in [0.15, 0.2) is 79.4 Å². The maximum absolute atomic E-state index is 14.4. The van der Waals surface area contributed by atoms with Crippen LogP contribution in [0.2, 0.25) is 0 Å². The number of amides is 1. The van der Waals surface area contributed by atoms with E-state index in [1.807, 2.05) is 30.3 Å². The Balaban J connectivity index is 1.56. The van der Waals surface area contributed by atoms with Crippen LogP contribution in [0.1, 0.15) is 15.9 Å². The van der Waals surface area contributed by atoms with Gasteiger partial charge in [-0.05, 0) is 29.8 Å². The highest BCUT2D eigenvalue weighted by molar-refractivity contribution is 6.06. The van der Waals surface area contributed by atoms with E-state index in [1.165, 1.54) is 6.20 Å². The highest BCUT2D eigenvalue weighted by atomic mass is 19.4. The summed E-state index contributed by atoms with van der Waals surface area (Å²) in [6, 6.07) is 14.1. The normalized spacial score (nSPS) is 11.2. The lowest BCUT2D eigenvalue weighted by molar-refractivity contribution is -0.137. The summed E-state index contributed by atoms with van der Waals surface area (Å²) in [6.07, 6.45) is 0.000189. The molecule has 0 atom stereocenters. The van der Waals surface area contributed by atoms with Crippen molar-refractivity contribution in [2.45, 2.75) is 6.18 Å². The second-order valence-electron chi connectivity index (χ2n) is 6.85. The first-order valence-electron chi connectivity index (χ1n) is 9.58. The van der Waals surface area contributed by atoms with Crippen LogP contribution in [0.4, 0.5) is 34.9 Å². The summed E-state index contributed by atoms with van der Waals surface area (Å²) >= 11 is 0. The average Bonchev–Trinajstić information content (AvgIpc) is 2.81. The van der Waals surface area contributed by atoms with Crippen LogP contribution < -0.4 is 10.6 Å². The van der Waals surface area contributed by atoms with E-state index < -0.39 is 23.5 Å². The molecule has 2 N–H and O–H groups in total. The number of nitrogens with zero attached hydrogens (tertiary/aromatic N) is 3. The Morgan fingerprint density at radius 3 is 2.33 bits per heavy atom. The third kappa shape index (κ3) is 5.12. The lowest BCUT2D eigenvalue weighted by atomic mass is 10.1. The van der Waals surface area contributed by atoms with Crippen LogP contribution in [0, 0.1) is 5.82 Å². The summed E-state index contributed by atoms with van der Waals surface area (Å²) in [6.45, 7) is 0. The van der Waals surface area contributed by atoms with Crippen molar-refractivity contribution in [3.05, 3.63) is 96.3 Å². The van der Waals surface area contributed by atoms with E-state index >= 15 is 0 Å². The molecule has 0 aliphatic carbocycles. The zero-order valence-corrected chi connectivity index (χ0v) is 16.8. The molecule has 4 aromatic rings. The average molecular weight is 453 g/mol. The topological polar surface area (TPSA) is 79.8 Å². The van der Waals surface area contributed by atoms with Crippen LogP contribution >= 0.6 is 0 Å². The van der Waals surface area contributed by atoms with Crippen molar-refractivity contribution in [1.82, 2.24) is 15.0 Å². The Labute approximate surface area is 185 Å². The number of hydrogen-bond acceptors (Lipinski definition) is 5. The number of pyridine rings is 3. The predicted molar refractivity (Wildman–Crippen MR) is 114 cm³/mol. The number of carbonyl (C=O) groups excluding carboxylic acids is 1. The summed E-state index contributed by atoms with van der Waals surface area (Å²) in [7, 11) is 0. The quantitative estimate of drug-likeness (QED) is 0.380. The minimum Gasteiger partial charge on any atom is -0.325 e. The molecule has 0 saturated carbocycles. The van der Waals surface area contributed by atoms with Gasteiger partial charge in [0.2, 0.25) is 0 Å². The molecule has 33 heavy (non-hydrogen) atoms. The summed E-state index contributed by atoms with van der Waals surface area (Å²) in [5.74, 6) is -1.54. The van der Waals surface area contributed by atoms with Gasteiger partial charge in [0.05, 0.1) is 29.2 Å². The van der Waals surface area contributed by atoms with E-state index in [0.29, 0.717) is 17.4 Å². The maximum Gasteiger partial charge on any atom is 0.417 e. The molecule has 0 saturated heterocycles. The maximum atomic E-state index is 14.4. The molecule has 3 aromatic heterocycles. The Kier molecular flexibility index (Phi) is 5.99. The summed E-state index contributed by atoms with van der Waals surface area (Å²) in [5.41, 5.74) is 0.679. The van der Waals surface area contributed by atoms with Crippen molar-refractivity contribution in [3.63, 3.8) is 0 Å². The molecule has 0 spiro atoms. The van der Waals surface area contributed by atoms with Crippen LogP contribution in [0.5, 0.6) is 0 Å². The van der Waals surface area contributed by atoms with Crippen LogP contribution in [0.3, 0.4) is 0 Å². The molecular weight excluding hydrogens is 438 g/mol. The number of halogens is 4. The number of hydrogen-bond donors (Lipinski definition) is 2. The molecule has 3 heterocycles. The number of rotatable bonds is 5. The minimum atomic E-state index is -4.52. The number of alkyl halides is 3. The fourth-order valence-electron chi connectivity index (χ4n) is 3.00. The second-order valence-corrected chi connectivity index (χ2v) is 6.85. The molecule has 0 radical (unpaired) electrons. The number of nitrogens with one attached hydrogen (secondary N) is 2. The van der Waals surface area contributed by atoms with Gasteiger partial charge in [-0.3, -0.25) is 9.78 Å². The van der Waals surface area contributed by atoms with Crippen molar-refractivity contribution in [3.8, 4) is 11.1 Å². The first-order chi connectivity index (χ1) is 15.8. The smallest absolute Gasteiger partial charge is 0.325 e. The van der Waals surface area contributed by atoms with Crippen LogP contribution in [0.25, 0.3) is 11.1 Å². The monoisotopic (exact) mass is 453 g/mol. The van der Waals surface area contributed by atoms with E-state index in [2.05, 4.69) is 25.6 Å². The summed E-state index contributed by atoms with van der Waals surface area (Å²) in [5, 5.41) is 5.30. The van der Waals surface area contributed by atoms with Gasteiger partial charge in [0.1, 0.15) is 11.6 Å². The molecule has 1 aromatic carbocycles. The lowest BCUT2D eigenvalue weighted by Gasteiger charge is -2.12. The molecule has 0 aliphatic heterocycles. The SMILES string of the molecule is O=C(Nc1cnccc1-c1ccccc1)c1cc(Nc2ccc(C(F)(F)F)cn2)ncc1F. The summed E-state index contributed by atoms with van der Waals surface area (Å²) in [4.78, 5) is 24.3. The van der Waals surface area contributed by atoms with Gasteiger partial charge in [0.25, 0.3) is 5.91 Å². The summed E-state index contributed by atoms with van der Waals surface area (Å²) < 4.78 is 52.4. The standard InChI is InChI=1S/C23H15F4N5O/c24-18-12-30-21(32-20-7-6-15(11-29-20)23(25,26)27)10-17(18)22(33)31-19-13-28-9-8-16(19)14-4-2-1-3-5-14/h1-13H,(H,31,33)(H,29,30,32). The molecule has 6 nitrogen and oxygen atoms in total. The Bertz CT molecular complexity index is 1280. The second kappa shape index (κ2) is 9.03. The first kappa shape index (κ1) is 21.9. The van der Waals surface area contributed by atoms with Crippen LogP contribution in [-0.4, -0.2) is 20.9 Å². The van der Waals surface area contributed by atoms with Crippen molar-refractivity contribution in [1.29, 1.82) is 0 Å². The van der Waals surface area contributed by atoms with Gasteiger partial charge in [0, 0.05) is 18.0 Å². The van der Waals surface area contributed by atoms with E-state index in [4.69, 9.17) is 0 Å². The molecule has 0 fully saturated rings. The van der Waals surface area contributed by atoms with Gasteiger partial charge < -0.3 is 10.6 Å². The van der Waals surface area contributed by atoms with E-state index in [-0.39, 0.29) is 17.2 Å². The zero-order chi connectivity index (χ0) is 23.4. The van der Waals surface area contributed by atoms with E-state index in [9.17, 15) is 22.4 Å². The fourth-order valence-corrected chi connectivity index (χ4v) is 3.00. The van der Waals surface area contributed by atoms with Gasteiger partial charge in [-0.2, -0.15) is 13.2 Å². The Morgan fingerprint density at radius 2 is 1.64 bits per heavy atom. The third-order valence-corrected chi connectivity index (χ3v) is 4.60. The zero-order valence-electron chi connectivity index (χ0n) is 16.8. The minimum absolute atomic E-state index is 0.0308. The highest BCUT2D eigenvalue weighted by Gasteiger charge is 2.30. The van der Waals surface area contributed by atoms with E-state index in [0.717, 1.165) is 30.0 Å². The molecule has 10 heteroatoms. The molecule has 166 valence electrons. The Hall–Kier alpha value is -4.34. The van der Waals surface area contributed by atoms with Gasteiger partial charge in [-0.1, -0.05) is 30.3 Å². The highest BCUT2D eigenvalue weighted by Crippen LogP contribution is 2.30. The van der Waals surface area contributed by atoms with Crippen molar-refractivity contribution in [2.75, 3.05) is 10.6 Å². The van der Waals surface area contributed by atoms with Crippen LogP contribution in [-0.2, 0) is 6.18 Å². The third-order valence-electron chi connectivity index (χ3n) is 4.60. The molecular formula is C23H15F4N5O. The van der Waals surface area contributed by atoms with E-state index in [1.54, 1.807) is 12.3 Å². The first-order valence-corrected chi connectivity index (χ1v) is 9.58. The van der Waals surface area contributed by atoms with Crippen molar-refractivity contribution in [2.24, 2.45) is 0 Å². The number of benzene rings is 1. The van der Waals surface area contributed by atoms with Gasteiger partial charge in [0.15, 0.2) is 5.82 Å². The molecule has 0 unspecified atom stereocenters.